The minimum Gasteiger partial charge on any atom is -0.370 e. The number of hydrogen-bond donors (Lipinski definition) is 0. The molecule has 0 aromatic heterocycles. The molecular weight excluding hydrogens is 519 g/mol. The Morgan fingerprint density at radius 3 is 2.38 bits per heavy atom. The van der Waals surface area contributed by atoms with Gasteiger partial charge in [0.15, 0.2) is 0 Å². The molecule has 9 heteroatoms. The summed E-state index contributed by atoms with van der Waals surface area (Å²) in [6, 6.07) is 14.6. The number of alkyl halides is 3. The smallest absolute Gasteiger partial charge is 0.370 e. The molecule has 2 fully saturated rings. The van der Waals surface area contributed by atoms with Crippen molar-refractivity contribution in [2.24, 2.45) is 5.92 Å². The van der Waals surface area contributed by atoms with Crippen molar-refractivity contribution in [2.75, 3.05) is 50.7 Å². The summed E-state index contributed by atoms with van der Waals surface area (Å²) in [5, 5.41) is 0.742. The topological polar surface area (TPSA) is 26.8 Å². The first kappa shape index (κ1) is 29.7. The Bertz CT molecular complexity index is 988. The lowest BCUT2D eigenvalue weighted by molar-refractivity contribution is -0.133. The summed E-state index contributed by atoms with van der Waals surface area (Å²) >= 11 is 5.93. The maximum Gasteiger partial charge on any atom is 0.446 e. The second-order valence-corrected chi connectivity index (χ2v) is 11.2. The lowest BCUT2D eigenvalue weighted by Gasteiger charge is -2.33. The zero-order chi connectivity index (χ0) is 25.5. The number of carbonyl (C=O) groups is 1. The Kier molecular flexibility index (Phi) is 11.0. The number of piperidine rings is 1. The summed E-state index contributed by atoms with van der Waals surface area (Å²) < 4.78 is 37.7. The van der Waals surface area contributed by atoms with Gasteiger partial charge in [-0.15, -0.1) is 0 Å². The van der Waals surface area contributed by atoms with E-state index in [1.165, 1.54) is 17.8 Å². The Morgan fingerprint density at radius 2 is 1.68 bits per heavy atom. The molecule has 0 unspecified atom stereocenters. The van der Waals surface area contributed by atoms with E-state index in [-0.39, 0.29) is 30.0 Å². The van der Waals surface area contributed by atoms with Crippen LogP contribution in [0.5, 0.6) is 0 Å². The van der Waals surface area contributed by atoms with E-state index in [1.54, 1.807) is 12.1 Å². The largest absolute Gasteiger partial charge is 0.446 e. The standard InChI is InChI=1S/C27H33ClF3N3OS.CH4/c28-23-6-8-24(9-7-23)33-15-2-13-32(17-18-33)16-12-26(35)34-14-1-3-22(20-34)19-21-4-10-25(11-5-21)36-27(29,30)31;/h4-11,22H,1-3,12-20H2;1H4/t22-;/m1./s1. The SMILES string of the molecule is C.O=C(CCN1CCCN(c2ccc(Cl)cc2)CC1)N1CCC[C@H](Cc2ccc(SC(F)(F)F)cc2)C1. The van der Waals surface area contributed by atoms with Crippen molar-refractivity contribution in [3.63, 3.8) is 0 Å². The number of nitrogens with zero attached hydrogens (tertiary/aromatic N) is 3. The lowest BCUT2D eigenvalue weighted by atomic mass is 9.91. The monoisotopic (exact) mass is 555 g/mol. The average molecular weight is 556 g/mol. The molecule has 4 rings (SSSR count). The Balaban J connectivity index is 0.00000380. The van der Waals surface area contributed by atoms with Crippen LogP contribution in [0.15, 0.2) is 53.4 Å². The first-order valence-electron chi connectivity index (χ1n) is 12.6. The molecule has 2 saturated heterocycles. The van der Waals surface area contributed by atoms with Gasteiger partial charge in [0.05, 0.1) is 0 Å². The Labute approximate surface area is 228 Å². The molecule has 0 saturated carbocycles. The van der Waals surface area contributed by atoms with Gasteiger partial charge in [-0.2, -0.15) is 13.2 Å². The molecule has 204 valence electrons. The molecule has 0 radical (unpaired) electrons. The molecule has 2 heterocycles. The van der Waals surface area contributed by atoms with Gasteiger partial charge in [-0.25, -0.2) is 0 Å². The van der Waals surface area contributed by atoms with Crippen LogP contribution in [0, 0.1) is 5.92 Å². The summed E-state index contributed by atoms with van der Waals surface area (Å²) in [5.74, 6) is 0.547. The van der Waals surface area contributed by atoms with E-state index in [1.807, 2.05) is 17.0 Å². The molecule has 0 aliphatic carbocycles. The number of halogens is 4. The molecule has 0 spiro atoms. The third kappa shape index (κ3) is 9.41. The van der Waals surface area contributed by atoms with Crippen molar-refractivity contribution in [3.05, 3.63) is 59.1 Å². The highest BCUT2D eigenvalue weighted by Crippen LogP contribution is 2.37. The van der Waals surface area contributed by atoms with Crippen molar-refractivity contribution >= 4 is 35.0 Å². The molecule has 4 nitrogen and oxygen atoms in total. The summed E-state index contributed by atoms with van der Waals surface area (Å²) in [6.45, 7) is 6.14. The highest BCUT2D eigenvalue weighted by Gasteiger charge is 2.29. The summed E-state index contributed by atoms with van der Waals surface area (Å²) in [5.41, 5.74) is -2.06. The van der Waals surface area contributed by atoms with E-state index in [2.05, 4.69) is 21.9 Å². The average Bonchev–Trinajstić information content (AvgIpc) is 3.09. The number of anilines is 1. The number of amides is 1. The van der Waals surface area contributed by atoms with Gasteiger partial charge in [-0.3, -0.25) is 4.79 Å². The maximum absolute atomic E-state index is 13.0. The van der Waals surface area contributed by atoms with E-state index >= 15 is 0 Å². The van der Waals surface area contributed by atoms with E-state index in [0.29, 0.717) is 12.3 Å². The minimum atomic E-state index is -4.27. The van der Waals surface area contributed by atoms with Gasteiger partial charge in [-0.05, 0) is 91.9 Å². The van der Waals surface area contributed by atoms with E-state index in [0.717, 1.165) is 82.1 Å². The first-order chi connectivity index (χ1) is 17.2. The lowest BCUT2D eigenvalue weighted by Crippen LogP contribution is -2.42. The predicted molar refractivity (Wildman–Crippen MR) is 147 cm³/mol. The van der Waals surface area contributed by atoms with Crippen LogP contribution in [0.2, 0.25) is 5.02 Å². The summed E-state index contributed by atoms with van der Waals surface area (Å²) in [6.07, 6.45) is 4.38. The molecule has 1 amide bonds. The number of likely N-dealkylation sites (tertiary alicyclic amines) is 1. The van der Waals surface area contributed by atoms with E-state index in [4.69, 9.17) is 11.6 Å². The number of hydrogen-bond acceptors (Lipinski definition) is 4. The predicted octanol–water partition coefficient (Wildman–Crippen LogP) is 6.97. The summed E-state index contributed by atoms with van der Waals surface area (Å²) in [7, 11) is 0. The molecular formula is C28H37ClF3N3OS. The molecule has 2 aromatic rings. The van der Waals surface area contributed by atoms with Crippen LogP contribution in [0.25, 0.3) is 0 Å². The normalized spacial score (nSPS) is 19.3. The van der Waals surface area contributed by atoms with Crippen molar-refractivity contribution in [2.45, 2.75) is 49.9 Å². The number of benzene rings is 2. The fourth-order valence-electron chi connectivity index (χ4n) is 5.14. The van der Waals surface area contributed by atoms with Gasteiger partial charge >= 0.3 is 5.51 Å². The minimum absolute atomic E-state index is 0. The number of thioether (sulfide) groups is 1. The van der Waals surface area contributed by atoms with Gasteiger partial charge in [0.25, 0.3) is 0 Å². The molecule has 2 aliphatic heterocycles. The van der Waals surface area contributed by atoms with Crippen LogP contribution in [0.1, 0.15) is 38.7 Å². The molecule has 2 aromatic carbocycles. The molecule has 2 aliphatic rings. The van der Waals surface area contributed by atoms with Crippen LogP contribution >= 0.6 is 23.4 Å². The van der Waals surface area contributed by atoms with Crippen molar-refractivity contribution in [1.82, 2.24) is 9.80 Å². The molecule has 0 N–H and O–H groups in total. The fourth-order valence-corrected chi connectivity index (χ4v) is 5.80. The van der Waals surface area contributed by atoms with Gasteiger partial charge in [-0.1, -0.05) is 31.2 Å². The second-order valence-electron chi connectivity index (χ2n) is 9.65. The van der Waals surface area contributed by atoms with Crippen LogP contribution in [0.4, 0.5) is 18.9 Å². The van der Waals surface area contributed by atoms with E-state index < -0.39 is 5.51 Å². The maximum atomic E-state index is 13.0. The van der Waals surface area contributed by atoms with Gasteiger partial charge in [0.1, 0.15) is 0 Å². The summed E-state index contributed by atoms with van der Waals surface area (Å²) in [4.78, 5) is 19.9. The molecule has 37 heavy (non-hydrogen) atoms. The molecule has 1 atom stereocenters. The van der Waals surface area contributed by atoms with Gasteiger partial charge < -0.3 is 14.7 Å². The van der Waals surface area contributed by atoms with E-state index in [9.17, 15) is 18.0 Å². The highest BCUT2D eigenvalue weighted by molar-refractivity contribution is 8.00. The van der Waals surface area contributed by atoms with Crippen LogP contribution < -0.4 is 4.90 Å². The van der Waals surface area contributed by atoms with Crippen LogP contribution in [-0.2, 0) is 11.2 Å². The quantitative estimate of drug-likeness (QED) is 0.345. The highest BCUT2D eigenvalue weighted by atomic mass is 35.5. The zero-order valence-corrected chi connectivity index (χ0v) is 21.9. The van der Waals surface area contributed by atoms with Crippen molar-refractivity contribution in [1.29, 1.82) is 0 Å². The van der Waals surface area contributed by atoms with Crippen LogP contribution in [-0.4, -0.2) is 67.0 Å². The Hall–Kier alpha value is -1.90. The zero-order valence-electron chi connectivity index (χ0n) is 20.4. The Morgan fingerprint density at radius 1 is 0.946 bits per heavy atom. The molecule has 0 bridgehead atoms. The number of rotatable bonds is 7. The number of carbonyl (C=O) groups excluding carboxylic acids is 1. The van der Waals surface area contributed by atoms with Gasteiger partial charge in [0.2, 0.25) is 5.91 Å². The third-order valence-electron chi connectivity index (χ3n) is 6.98. The fraction of sp³-hybridized carbons (Fsp3) is 0.536. The second kappa shape index (κ2) is 13.8. The third-order valence-corrected chi connectivity index (χ3v) is 7.97. The van der Waals surface area contributed by atoms with Gasteiger partial charge in [0, 0.05) is 61.3 Å². The van der Waals surface area contributed by atoms with Crippen molar-refractivity contribution < 1.29 is 18.0 Å². The first-order valence-corrected chi connectivity index (χ1v) is 13.8. The van der Waals surface area contributed by atoms with Crippen molar-refractivity contribution in [3.8, 4) is 0 Å². The van der Waals surface area contributed by atoms with Crippen LogP contribution in [0.3, 0.4) is 0 Å².